The first-order valence-electron chi connectivity index (χ1n) is 8.54. The van der Waals surface area contributed by atoms with Gasteiger partial charge in [0.2, 0.25) is 0 Å². The molecule has 1 saturated carbocycles. The molecule has 3 aliphatic rings. The monoisotopic (exact) mass is 282 g/mol. The number of benzene rings is 1. The van der Waals surface area contributed by atoms with Crippen molar-refractivity contribution in [1.29, 1.82) is 0 Å². The molecule has 1 heterocycles. The van der Waals surface area contributed by atoms with Crippen molar-refractivity contribution in [2.24, 2.45) is 17.8 Å². The van der Waals surface area contributed by atoms with Crippen LogP contribution in [0.2, 0.25) is 0 Å². The highest BCUT2D eigenvalue weighted by Gasteiger charge is 2.36. The lowest BCUT2D eigenvalue weighted by Crippen LogP contribution is -2.47. The fraction of sp³-hybridized carbons (Fsp3) is 0.579. The van der Waals surface area contributed by atoms with Gasteiger partial charge in [0.15, 0.2) is 0 Å². The van der Waals surface area contributed by atoms with E-state index in [1.54, 1.807) is 0 Å². The third-order valence-corrected chi connectivity index (χ3v) is 5.62. The molecule has 0 aromatic heterocycles. The second-order valence-electron chi connectivity index (χ2n) is 7.10. The molecule has 4 rings (SSSR count). The van der Waals surface area contributed by atoms with E-state index in [0.29, 0.717) is 0 Å². The van der Waals surface area contributed by atoms with Crippen LogP contribution >= 0.6 is 0 Å². The summed E-state index contributed by atoms with van der Waals surface area (Å²) in [7, 11) is 0. The minimum absolute atomic E-state index is 0.900. The summed E-state index contributed by atoms with van der Waals surface area (Å²) in [4.78, 5) is 5.31. The van der Waals surface area contributed by atoms with E-state index < -0.39 is 0 Å². The van der Waals surface area contributed by atoms with Gasteiger partial charge in [-0.2, -0.15) is 0 Å². The van der Waals surface area contributed by atoms with Crippen molar-refractivity contribution in [1.82, 2.24) is 9.80 Å². The van der Waals surface area contributed by atoms with E-state index in [1.807, 2.05) is 0 Å². The van der Waals surface area contributed by atoms with Crippen molar-refractivity contribution in [3.63, 3.8) is 0 Å². The molecule has 2 bridgehead atoms. The van der Waals surface area contributed by atoms with Gasteiger partial charge in [-0.3, -0.25) is 4.90 Å². The average Bonchev–Trinajstić information content (AvgIpc) is 3.13. The topological polar surface area (TPSA) is 6.48 Å². The normalized spacial score (nSPS) is 32.9. The van der Waals surface area contributed by atoms with E-state index in [9.17, 15) is 0 Å². The van der Waals surface area contributed by atoms with Crippen molar-refractivity contribution in [2.75, 3.05) is 32.7 Å². The Labute approximate surface area is 128 Å². The van der Waals surface area contributed by atoms with Gasteiger partial charge in [0.25, 0.3) is 0 Å². The predicted molar refractivity (Wildman–Crippen MR) is 87.0 cm³/mol. The first-order valence-corrected chi connectivity index (χ1v) is 8.54. The first-order chi connectivity index (χ1) is 10.4. The highest BCUT2D eigenvalue weighted by Crippen LogP contribution is 2.43. The SMILES string of the molecule is C1=C[C@H]2C[C@@H]1C[C@@H]2CN1CCN(Cc2ccccc2)CC1. The van der Waals surface area contributed by atoms with E-state index in [4.69, 9.17) is 0 Å². The zero-order chi connectivity index (χ0) is 14.1. The van der Waals surface area contributed by atoms with Gasteiger partial charge in [0.05, 0.1) is 0 Å². The Morgan fingerprint density at radius 3 is 2.29 bits per heavy atom. The van der Waals surface area contributed by atoms with E-state index in [2.05, 4.69) is 52.3 Å². The van der Waals surface area contributed by atoms with E-state index in [0.717, 1.165) is 24.3 Å². The van der Waals surface area contributed by atoms with Gasteiger partial charge in [-0.05, 0) is 36.2 Å². The Balaban J connectivity index is 1.24. The maximum absolute atomic E-state index is 2.71. The van der Waals surface area contributed by atoms with Gasteiger partial charge >= 0.3 is 0 Å². The fourth-order valence-electron chi connectivity index (χ4n) is 4.41. The minimum Gasteiger partial charge on any atom is -0.300 e. The van der Waals surface area contributed by atoms with Crippen LogP contribution in [0.3, 0.4) is 0 Å². The highest BCUT2D eigenvalue weighted by atomic mass is 15.3. The van der Waals surface area contributed by atoms with Crippen LogP contribution in [-0.4, -0.2) is 42.5 Å². The highest BCUT2D eigenvalue weighted by molar-refractivity contribution is 5.14. The van der Waals surface area contributed by atoms with Crippen LogP contribution in [0.4, 0.5) is 0 Å². The minimum atomic E-state index is 0.900. The van der Waals surface area contributed by atoms with Gasteiger partial charge in [-0.1, -0.05) is 42.5 Å². The molecular weight excluding hydrogens is 256 g/mol. The molecule has 0 amide bonds. The summed E-state index contributed by atoms with van der Waals surface area (Å²) >= 11 is 0. The lowest BCUT2D eigenvalue weighted by molar-refractivity contribution is 0.108. The molecule has 112 valence electrons. The number of piperazine rings is 1. The average molecular weight is 282 g/mol. The maximum Gasteiger partial charge on any atom is 0.0234 e. The molecule has 0 unspecified atom stereocenters. The van der Waals surface area contributed by atoms with Crippen molar-refractivity contribution in [3.05, 3.63) is 48.0 Å². The lowest BCUT2D eigenvalue weighted by Gasteiger charge is -2.37. The largest absolute Gasteiger partial charge is 0.300 e. The molecule has 0 spiro atoms. The smallest absolute Gasteiger partial charge is 0.0234 e. The van der Waals surface area contributed by atoms with Crippen LogP contribution in [-0.2, 0) is 6.54 Å². The van der Waals surface area contributed by atoms with Gasteiger partial charge in [-0.25, -0.2) is 0 Å². The molecule has 2 aliphatic carbocycles. The van der Waals surface area contributed by atoms with Crippen molar-refractivity contribution >= 4 is 0 Å². The Morgan fingerprint density at radius 1 is 0.857 bits per heavy atom. The fourth-order valence-corrected chi connectivity index (χ4v) is 4.41. The summed E-state index contributed by atoms with van der Waals surface area (Å²) in [5.41, 5.74) is 1.45. The molecule has 2 fully saturated rings. The molecule has 21 heavy (non-hydrogen) atoms. The van der Waals surface area contributed by atoms with Gasteiger partial charge < -0.3 is 4.90 Å². The summed E-state index contributed by atoms with van der Waals surface area (Å²) in [6, 6.07) is 10.9. The molecule has 2 heteroatoms. The molecule has 0 N–H and O–H groups in total. The predicted octanol–water partition coefficient (Wildman–Crippen LogP) is 3.02. The Kier molecular flexibility index (Phi) is 3.83. The number of nitrogens with zero attached hydrogens (tertiary/aromatic N) is 2. The molecule has 3 atom stereocenters. The summed E-state index contributed by atoms with van der Waals surface area (Å²) in [6.07, 6.45) is 7.84. The van der Waals surface area contributed by atoms with E-state index in [-0.39, 0.29) is 0 Å². The summed E-state index contributed by atoms with van der Waals surface area (Å²) < 4.78 is 0. The third-order valence-electron chi connectivity index (χ3n) is 5.62. The van der Waals surface area contributed by atoms with Gasteiger partial charge in [0.1, 0.15) is 0 Å². The molecule has 1 aliphatic heterocycles. The second-order valence-corrected chi connectivity index (χ2v) is 7.10. The van der Waals surface area contributed by atoms with Crippen LogP contribution < -0.4 is 0 Å². The van der Waals surface area contributed by atoms with Crippen molar-refractivity contribution < 1.29 is 0 Å². The molecule has 1 saturated heterocycles. The second kappa shape index (κ2) is 5.94. The number of hydrogen-bond acceptors (Lipinski definition) is 2. The zero-order valence-corrected chi connectivity index (χ0v) is 12.8. The van der Waals surface area contributed by atoms with Crippen LogP contribution in [0.1, 0.15) is 18.4 Å². The summed E-state index contributed by atoms with van der Waals surface area (Å²) in [5.74, 6) is 2.76. The van der Waals surface area contributed by atoms with E-state index >= 15 is 0 Å². The van der Waals surface area contributed by atoms with Crippen molar-refractivity contribution in [2.45, 2.75) is 19.4 Å². The quantitative estimate of drug-likeness (QED) is 0.783. The Hall–Kier alpha value is -1.12. The standard InChI is InChI=1S/C19H26N2/c1-2-4-16(5-3-1)14-20-8-10-21(11-9-20)15-19-13-17-6-7-18(19)12-17/h1-7,17-19H,8-15H2/t17-,18+,19-/m1/s1. The molecular formula is C19H26N2. The molecule has 1 aromatic carbocycles. The van der Waals surface area contributed by atoms with E-state index in [1.165, 1.54) is 51.1 Å². The maximum atomic E-state index is 2.71. The van der Waals surface area contributed by atoms with Gasteiger partial charge in [0, 0.05) is 39.3 Å². The van der Waals surface area contributed by atoms with Crippen LogP contribution in [0.15, 0.2) is 42.5 Å². The molecule has 1 aromatic rings. The van der Waals surface area contributed by atoms with Crippen LogP contribution in [0, 0.1) is 17.8 Å². The van der Waals surface area contributed by atoms with Gasteiger partial charge in [-0.15, -0.1) is 0 Å². The summed E-state index contributed by atoms with van der Waals surface area (Å²) in [6.45, 7) is 7.42. The number of allylic oxidation sites excluding steroid dienone is 2. The lowest BCUT2D eigenvalue weighted by atomic mass is 9.93. The zero-order valence-electron chi connectivity index (χ0n) is 12.8. The number of rotatable bonds is 4. The summed E-state index contributed by atoms with van der Waals surface area (Å²) in [5, 5.41) is 0. The first kappa shape index (κ1) is 13.5. The van der Waals surface area contributed by atoms with Crippen LogP contribution in [0.5, 0.6) is 0 Å². The van der Waals surface area contributed by atoms with Crippen molar-refractivity contribution in [3.8, 4) is 0 Å². The Bertz CT molecular complexity index is 488. The number of fused-ring (bicyclic) bond motifs is 2. The van der Waals surface area contributed by atoms with Crippen LogP contribution in [0.25, 0.3) is 0 Å². The molecule has 0 radical (unpaired) electrons. The third kappa shape index (κ3) is 3.07. The Morgan fingerprint density at radius 2 is 1.62 bits per heavy atom. The number of hydrogen-bond donors (Lipinski definition) is 0. The molecule has 2 nitrogen and oxygen atoms in total.